The second kappa shape index (κ2) is 11.1. The molecule has 0 spiro atoms. The fraction of sp³-hybridized carbons (Fsp3) is 0.632. The first-order valence-corrected chi connectivity index (χ1v) is 8.88. The van der Waals surface area contributed by atoms with Gasteiger partial charge in [0.15, 0.2) is 5.96 Å². The van der Waals surface area contributed by atoms with Gasteiger partial charge in [-0.1, -0.05) is 44.5 Å². The minimum Gasteiger partial charge on any atom is -0.393 e. The number of hydrogen-bond donors (Lipinski definition) is 3. The number of rotatable bonds is 11. The second-order valence-corrected chi connectivity index (χ2v) is 6.29. The highest BCUT2D eigenvalue weighted by Gasteiger charge is 2.16. The largest absolute Gasteiger partial charge is 0.393 e. The third kappa shape index (κ3) is 8.03. The number of nitrogens with two attached hydrogens (primary N) is 2. The van der Waals surface area contributed by atoms with Gasteiger partial charge in [0, 0.05) is 6.54 Å². The Morgan fingerprint density at radius 2 is 1.83 bits per heavy atom. The average Bonchev–Trinajstić information content (AvgIpc) is 2.55. The fourth-order valence-corrected chi connectivity index (χ4v) is 3.02. The first-order valence-electron chi connectivity index (χ1n) is 8.88. The lowest BCUT2D eigenvalue weighted by molar-refractivity contribution is 0.0932. The molecule has 1 aromatic rings. The molecule has 0 heterocycles. The van der Waals surface area contributed by atoms with E-state index in [0.29, 0.717) is 12.5 Å². The van der Waals surface area contributed by atoms with Crippen LogP contribution in [0, 0.1) is 5.92 Å². The maximum Gasteiger partial charge on any atom is 0.185 e. The molecular formula is C19H33N3O. The zero-order valence-corrected chi connectivity index (χ0v) is 14.7. The van der Waals surface area contributed by atoms with Gasteiger partial charge in [0.1, 0.15) is 0 Å². The molecule has 0 radical (unpaired) electrons. The molecular weight excluding hydrogens is 286 g/mol. The van der Waals surface area contributed by atoms with E-state index in [2.05, 4.69) is 43.1 Å². The highest BCUT2D eigenvalue weighted by Crippen LogP contribution is 2.21. The number of aliphatic hydroxyl groups excluding tert-OH is 1. The minimum atomic E-state index is -0.169. The zero-order valence-electron chi connectivity index (χ0n) is 14.7. The molecule has 2 unspecified atom stereocenters. The summed E-state index contributed by atoms with van der Waals surface area (Å²) in [6.45, 7) is 4.92. The molecule has 23 heavy (non-hydrogen) atoms. The van der Waals surface area contributed by atoms with Gasteiger partial charge >= 0.3 is 0 Å². The molecule has 1 rings (SSSR count). The van der Waals surface area contributed by atoms with Crippen LogP contribution in [-0.2, 0) is 12.8 Å². The number of aryl methyl sites for hydroxylation is 2. The van der Waals surface area contributed by atoms with Crippen molar-refractivity contribution in [3.8, 4) is 0 Å². The highest BCUT2D eigenvalue weighted by molar-refractivity contribution is 5.75. The van der Waals surface area contributed by atoms with Crippen LogP contribution in [0.5, 0.6) is 0 Å². The van der Waals surface area contributed by atoms with Gasteiger partial charge in [0.2, 0.25) is 0 Å². The Balaban J connectivity index is 2.50. The molecule has 130 valence electrons. The minimum absolute atomic E-state index is 0.162. The number of nitrogens with zero attached hydrogens (tertiary/aromatic N) is 1. The van der Waals surface area contributed by atoms with Crippen LogP contribution in [0.1, 0.15) is 57.1 Å². The molecule has 0 aliphatic heterocycles. The molecule has 0 amide bonds. The fourth-order valence-electron chi connectivity index (χ4n) is 3.02. The number of aliphatic hydroxyl groups is 1. The summed E-state index contributed by atoms with van der Waals surface area (Å²) in [5.74, 6) is 0.575. The molecule has 0 fully saturated rings. The molecule has 5 N–H and O–H groups in total. The number of hydrogen-bond acceptors (Lipinski definition) is 2. The van der Waals surface area contributed by atoms with Gasteiger partial charge in [-0.15, -0.1) is 0 Å². The van der Waals surface area contributed by atoms with E-state index in [0.717, 1.165) is 44.9 Å². The maximum absolute atomic E-state index is 10.1. The van der Waals surface area contributed by atoms with E-state index >= 15 is 0 Å². The number of guanidine groups is 1. The molecule has 0 aromatic heterocycles. The Kier molecular flexibility index (Phi) is 9.37. The van der Waals surface area contributed by atoms with Gasteiger partial charge in [-0.3, -0.25) is 4.99 Å². The lowest BCUT2D eigenvalue weighted by atomic mass is 9.89. The molecule has 0 bridgehead atoms. The lowest BCUT2D eigenvalue weighted by Gasteiger charge is -2.21. The van der Waals surface area contributed by atoms with Gasteiger partial charge in [0.25, 0.3) is 0 Å². The summed E-state index contributed by atoms with van der Waals surface area (Å²) >= 11 is 0. The van der Waals surface area contributed by atoms with E-state index in [1.54, 1.807) is 0 Å². The zero-order chi connectivity index (χ0) is 17.1. The summed E-state index contributed by atoms with van der Waals surface area (Å²) in [7, 11) is 0. The molecule has 4 nitrogen and oxygen atoms in total. The van der Waals surface area contributed by atoms with Crippen molar-refractivity contribution in [3.05, 3.63) is 35.4 Å². The van der Waals surface area contributed by atoms with Crippen molar-refractivity contribution in [2.24, 2.45) is 22.4 Å². The van der Waals surface area contributed by atoms with E-state index in [4.69, 9.17) is 11.5 Å². The van der Waals surface area contributed by atoms with Crippen LogP contribution < -0.4 is 11.5 Å². The maximum atomic E-state index is 10.1. The summed E-state index contributed by atoms with van der Waals surface area (Å²) in [5.41, 5.74) is 13.3. The van der Waals surface area contributed by atoms with Crippen LogP contribution in [-0.4, -0.2) is 23.7 Å². The molecule has 0 aliphatic rings. The molecule has 0 saturated heterocycles. The van der Waals surface area contributed by atoms with Crippen molar-refractivity contribution in [1.29, 1.82) is 0 Å². The van der Waals surface area contributed by atoms with Crippen LogP contribution in [0.2, 0.25) is 0 Å². The van der Waals surface area contributed by atoms with Crippen LogP contribution in [0.4, 0.5) is 0 Å². The predicted octanol–water partition coefficient (Wildman–Crippen LogP) is 3.01. The van der Waals surface area contributed by atoms with Gasteiger partial charge < -0.3 is 16.6 Å². The topological polar surface area (TPSA) is 84.6 Å². The predicted molar refractivity (Wildman–Crippen MR) is 98.5 cm³/mol. The average molecular weight is 319 g/mol. The van der Waals surface area contributed by atoms with Crippen molar-refractivity contribution >= 4 is 5.96 Å². The Hall–Kier alpha value is -1.55. The Bertz CT molecular complexity index is 469. The van der Waals surface area contributed by atoms with Crippen LogP contribution in [0.25, 0.3) is 0 Å². The summed E-state index contributed by atoms with van der Waals surface area (Å²) in [6.07, 6.45) is 6.94. The van der Waals surface area contributed by atoms with Crippen molar-refractivity contribution < 1.29 is 5.11 Å². The smallest absolute Gasteiger partial charge is 0.185 e. The van der Waals surface area contributed by atoms with Gasteiger partial charge in [-0.2, -0.15) is 0 Å². The van der Waals surface area contributed by atoms with Crippen molar-refractivity contribution in [3.63, 3.8) is 0 Å². The summed E-state index contributed by atoms with van der Waals surface area (Å²) in [4.78, 5) is 4.02. The van der Waals surface area contributed by atoms with Crippen LogP contribution in [0.3, 0.4) is 0 Å². The second-order valence-electron chi connectivity index (χ2n) is 6.29. The number of benzene rings is 1. The number of aliphatic imine (C=N–C) groups is 1. The highest BCUT2D eigenvalue weighted by atomic mass is 16.3. The third-order valence-corrected chi connectivity index (χ3v) is 4.34. The van der Waals surface area contributed by atoms with Gasteiger partial charge in [0.05, 0.1) is 6.10 Å². The first kappa shape index (κ1) is 19.5. The third-order valence-electron chi connectivity index (χ3n) is 4.34. The Morgan fingerprint density at radius 3 is 2.43 bits per heavy atom. The standard InChI is InChI=1S/C19H33N3O/c1-3-7-17(18(23)4-2)12-11-16-9-5-8-15(14-16)10-6-13-22-19(20)21/h5,8-9,14,17-18,23H,3-4,6-7,10-13H2,1-2H3,(H4,20,21,22). The lowest BCUT2D eigenvalue weighted by Crippen LogP contribution is -2.23. The molecule has 2 atom stereocenters. The van der Waals surface area contributed by atoms with Crippen LogP contribution in [0.15, 0.2) is 29.3 Å². The summed E-state index contributed by atoms with van der Waals surface area (Å²) in [6, 6.07) is 8.73. The Morgan fingerprint density at radius 1 is 1.13 bits per heavy atom. The SMILES string of the molecule is CCCC(CCc1cccc(CCCN=C(N)N)c1)C(O)CC. The molecule has 4 heteroatoms. The monoisotopic (exact) mass is 319 g/mol. The van der Waals surface area contributed by atoms with E-state index in [9.17, 15) is 5.11 Å². The molecule has 0 saturated carbocycles. The Labute approximate surface area is 141 Å². The van der Waals surface area contributed by atoms with Crippen molar-refractivity contribution in [2.45, 2.75) is 64.9 Å². The quantitative estimate of drug-likeness (QED) is 0.333. The van der Waals surface area contributed by atoms with E-state index in [1.807, 2.05) is 0 Å². The van der Waals surface area contributed by atoms with Gasteiger partial charge in [-0.05, 0) is 55.6 Å². The summed E-state index contributed by atoms with van der Waals surface area (Å²) < 4.78 is 0. The van der Waals surface area contributed by atoms with Gasteiger partial charge in [-0.25, -0.2) is 0 Å². The van der Waals surface area contributed by atoms with E-state index < -0.39 is 0 Å². The van der Waals surface area contributed by atoms with E-state index in [-0.39, 0.29) is 12.1 Å². The van der Waals surface area contributed by atoms with E-state index in [1.165, 1.54) is 11.1 Å². The first-order chi connectivity index (χ1) is 11.1. The van der Waals surface area contributed by atoms with Crippen molar-refractivity contribution in [1.82, 2.24) is 0 Å². The molecule has 1 aromatic carbocycles. The molecule has 0 aliphatic carbocycles. The van der Waals surface area contributed by atoms with Crippen molar-refractivity contribution in [2.75, 3.05) is 6.54 Å². The normalized spacial score (nSPS) is 13.5. The summed E-state index contributed by atoms with van der Waals surface area (Å²) in [5, 5.41) is 10.1. The van der Waals surface area contributed by atoms with Crippen LogP contribution >= 0.6 is 0 Å².